The maximum Gasteiger partial charge on any atom is 0.240 e. The van der Waals surface area contributed by atoms with Crippen LogP contribution in [0.25, 0.3) is 21.3 Å². The van der Waals surface area contributed by atoms with Crippen LogP contribution in [0.3, 0.4) is 0 Å². The molecule has 0 aliphatic heterocycles. The van der Waals surface area contributed by atoms with Crippen molar-refractivity contribution < 1.29 is 4.79 Å². The normalized spacial score (nSPS) is 14.7. The largest absolute Gasteiger partial charge is 0.306 e. The molecule has 2 aromatic carbocycles. The molecule has 0 radical (unpaired) electrons. The van der Waals surface area contributed by atoms with E-state index in [4.69, 9.17) is 0 Å². The van der Waals surface area contributed by atoms with E-state index < -0.39 is 0 Å². The molecule has 1 amide bonds. The molecule has 0 unspecified atom stereocenters. The number of nitrogens with zero attached hydrogens (tertiary/aromatic N) is 1. The molecule has 0 saturated heterocycles. The lowest BCUT2D eigenvalue weighted by molar-refractivity contribution is -0.115. The first-order valence-corrected chi connectivity index (χ1v) is 10.6. The van der Waals surface area contributed by atoms with Gasteiger partial charge in [0.05, 0.1) is 16.8 Å². The van der Waals surface area contributed by atoms with Gasteiger partial charge in [0.2, 0.25) is 5.91 Å². The third-order valence-corrected chi connectivity index (χ3v) is 6.17. The Hall–Kier alpha value is -2.24. The molecule has 0 spiro atoms. The van der Waals surface area contributed by atoms with Crippen LogP contribution in [-0.2, 0) is 11.2 Å². The first-order chi connectivity index (χ1) is 13.2. The molecule has 0 bridgehead atoms. The number of anilines is 1. The zero-order chi connectivity index (χ0) is 18.6. The average molecular weight is 380 g/mol. The van der Waals surface area contributed by atoms with E-state index >= 15 is 0 Å². The van der Waals surface area contributed by atoms with Gasteiger partial charge >= 0.3 is 0 Å². The van der Waals surface area contributed by atoms with Crippen molar-refractivity contribution in [1.29, 1.82) is 0 Å². The molecule has 1 heterocycles. The number of rotatable bonds is 6. The lowest BCUT2D eigenvalue weighted by Gasteiger charge is -2.10. The Labute approximate surface area is 164 Å². The number of benzene rings is 2. The van der Waals surface area contributed by atoms with E-state index in [0.717, 1.165) is 16.6 Å². The van der Waals surface area contributed by atoms with Crippen molar-refractivity contribution in [2.75, 3.05) is 11.9 Å². The Morgan fingerprint density at radius 3 is 2.70 bits per heavy atom. The fraction of sp³-hybridized carbons (Fsp3) is 0.364. The second-order valence-corrected chi connectivity index (χ2v) is 8.16. The first-order valence-electron chi connectivity index (χ1n) is 9.75. The van der Waals surface area contributed by atoms with Crippen molar-refractivity contribution in [2.45, 2.75) is 45.1 Å². The van der Waals surface area contributed by atoms with E-state index in [1.807, 2.05) is 6.07 Å². The van der Waals surface area contributed by atoms with Crippen molar-refractivity contribution in [3.05, 3.63) is 48.0 Å². The predicted molar refractivity (Wildman–Crippen MR) is 113 cm³/mol. The number of nitrogens with one attached hydrogen (secondary N) is 2. The maximum atomic E-state index is 12.3. The number of carbonyl (C=O) groups is 1. The molecule has 5 heteroatoms. The van der Waals surface area contributed by atoms with Crippen LogP contribution in [0.4, 0.5) is 5.13 Å². The van der Waals surface area contributed by atoms with Crippen LogP contribution in [0.1, 0.15) is 38.2 Å². The van der Waals surface area contributed by atoms with Gasteiger partial charge in [-0.25, -0.2) is 4.98 Å². The molecule has 0 atom stereocenters. The van der Waals surface area contributed by atoms with Crippen molar-refractivity contribution in [2.24, 2.45) is 0 Å². The van der Waals surface area contributed by atoms with Gasteiger partial charge in [0.15, 0.2) is 5.13 Å². The van der Waals surface area contributed by atoms with Gasteiger partial charge in [0.25, 0.3) is 0 Å². The molecule has 1 aliphatic carbocycles. The Morgan fingerprint density at radius 2 is 1.96 bits per heavy atom. The van der Waals surface area contributed by atoms with Crippen LogP contribution < -0.4 is 10.6 Å². The SMILES string of the molecule is CCc1cc2sc(NC(=O)CNC3CCCC3)nc2cc1-c1ccccc1. The number of aryl methyl sites for hydroxylation is 1. The number of carbonyl (C=O) groups excluding carboxylic acids is 1. The summed E-state index contributed by atoms with van der Waals surface area (Å²) in [7, 11) is 0. The molecular weight excluding hydrogens is 354 g/mol. The topological polar surface area (TPSA) is 54.0 Å². The second-order valence-electron chi connectivity index (χ2n) is 7.13. The molecule has 4 nitrogen and oxygen atoms in total. The van der Waals surface area contributed by atoms with E-state index in [1.54, 1.807) is 11.3 Å². The number of amides is 1. The molecule has 1 fully saturated rings. The van der Waals surface area contributed by atoms with Crippen LogP contribution >= 0.6 is 11.3 Å². The van der Waals surface area contributed by atoms with Gasteiger partial charge in [-0.3, -0.25) is 4.79 Å². The Kier molecular flexibility index (Phi) is 5.50. The number of hydrogen-bond donors (Lipinski definition) is 2. The average Bonchev–Trinajstić information content (AvgIpc) is 3.34. The summed E-state index contributed by atoms with van der Waals surface area (Å²) in [5, 5.41) is 6.98. The minimum absolute atomic E-state index is 0.0139. The highest BCUT2D eigenvalue weighted by atomic mass is 32.1. The quantitative estimate of drug-likeness (QED) is 0.634. The summed E-state index contributed by atoms with van der Waals surface area (Å²) in [6.45, 7) is 2.53. The van der Waals surface area contributed by atoms with Crippen LogP contribution in [0.2, 0.25) is 0 Å². The van der Waals surface area contributed by atoms with E-state index in [-0.39, 0.29) is 5.91 Å². The predicted octanol–water partition coefficient (Wildman–Crippen LogP) is 5.00. The van der Waals surface area contributed by atoms with Gasteiger partial charge < -0.3 is 10.6 Å². The highest BCUT2D eigenvalue weighted by Crippen LogP contribution is 2.33. The molecule has 2 N–H and O–H groups in total. The summed E-state index contributed by atoms with van der Waals surface area (Å²) in [5.41, 5.74) is 4.67. The number of fused-ring (bicyclic) bond motifs is 1. The highest BCUT2D eigenvalue weighted by Gasteiger charge is 2.16. The van der Waals surface area contributed by atoms with Gasteiger partial charge in [-0.2, -0.15) is 0 Å². The lowest BCUT2D eigenvalue weighted by atomic mass is 9.98. The standard InChI is InChI=1S/C22H25N3OS/c1-2-15-12-20-19(13-18(15)16-8-4-3-5-9-16)24-22(27-20)25-21(26)14-23-17-10-6-7-11-17/h3-5,8-9,12-13,17,23H,2,6-7,10-11,14H2,1H3,(H,24,25,26). The van der Waals surface area contributed by atoms with Gasteiger partial charge in [0, 0.05) is 6.04 Å². The minimum atomic E-state index is -0.0139. The molecule has 1 aromatic heterocycles. The molecule has 1 aliphatic rings. The Bertz CT molecular complexity index is 929. The monoisotopic (exact) mass is 379 g/mol. The first kappa shape index (κ1) is 18.1. The molecular formula is C22H25N3OS. The molecule has 140 valence electrons. The smallest absolute Gasteiger partial charge is 0.240 e. The summed E-state index contributed by atoms with van der Waals surface area (Å²) >= 11 is 1.55. The lowest BCUT2D eigenvalue weighted by Crippen LogP contribution is -2.34. The van der Waals surface area contributed by atoms with Crippen LogP contribution in [0.15, 0.2) is 42.5 Å². The van der Waals surface area contributed by atoms with Crippen molar-refractivity contribution in [3.63, 3.8) is 0 Å². The third kappa shape index (κ3) is 4.20. The van der Waals surface area contributed by atoms with Crippen molar-refractivity contribution in [1.82, 2.24) is 10.3 Å². The fourth-order valence-corrected chi connectivity index (χ4v) is 4.71. The van der Waals surface area contributed by atoms with Gasteiger partial charge in [-0.1, -0.05) is 61.4 Å². The van der Waals surface area contributed by atoms with Crippen LogP contribution in [0, 0.1) is 0 Å². The summed E-state index contributed by atoms with van der Waals surface area (Å²) in [5.74, 6) is -0.0139. The Morgan fingerprint density at radius 1 is 1.19 bits per heavy atom. The van der Waals surface area contributed by atoms with Gasteiger partial charge in [-0.15, -0.1) is 0 Å². The number of hydrogen-bond acceptors (Lipinski definition) is 4. The zero-order valence-electron chi connectivity index (χ0n) is 15.6. The third-order valence-electron chi connectivity index (χ3n) is 5.23. The van der Waals surface area contributed by atoms with Crippen molar-refractivity contribution in [3.8, 4) is 11.1 Å². The fourth-order valence-electron chi connectivity index (χ4n) is 3.78. The van der Waals surface area contributed by atoms with E-state index in [2.05, 4.69) is 58.9 Å². The summed E-state index contributed by atoms with van der Waals surface area (Å²) < 4.78 is 1.12. The van der Waals surface area contributed by atoms with Gasteiger partial charge in [-0.05, 0) is 48.1 Å². The van der Waals surface area contributed by atoms with E-state index in [9.17, 15) is 4.79 Å². The number of aromatic nitrogens is 1. The minimum Gasteiger partial charge on any atom is -0.306 e. The van der Waals surface area contributed by atoms with E-state index in [1.165, 1.54) is 42.4 Å². The van der Waals surface area contributed by atoms with Crippen LogP contribution in [0.5, 0.6) is 0 Å². The number of thiazole rings is 1. The maximum absolute atomic E-state index is 12.3. The Balaban J connectivity index is 1.52. The molecule has 3 aromatic rings. The molecule has 27 heavy (non-hydrogen) atoms. The zero-order valence-corrected chi connectivity index (χ0v) is 16.4. The van der Waals surface area contributed by atoms with Gasteiger partial charge in [0.1, 0.15) is 0 Å². The second kappa shape index (κ2) is 8.19. The molecule has 1 saturated carbocycles. The molecule has 4 rings (SSSR count). The summed E-state index contributed by atoms with van der Waals surface area (Å²) in [4.78, 5) is 16.9. The van der Waals surface area contributed by atoms with Crippen molar-refractivity contribution >= 4 is 32.6 Å². The summed E-state index contributed by atoms with van der Waals surface area (Å²) in [6, 6.07) is 15.3. The summed E-state index contributed by atoms with van der Waals surface area (Å²) in [6.07, 6.45) is 5.85. The van der Waals surface area contributed by atoms with E-state index in [0.29, 0.717) is 17.7 Å². The van der Waals surface area contributed by atoms with Crippen LogP contribution in [-0.4, -0.2) is 23.5 Å². The highest BCUT2D eigenvalue weighted by molar-refractivity contribution is 7.22.